The van der Waals surface area contributed by atoms with Crippen LogP contribution in [0.5, 0.6) is 0 Å². The maximum atomic E-state index is 12.4. The number of rotatable bonds is 5. The summed E-state index contributed by atoms with van der Waals surface area (Å²) >= 11 is 3.51. The van der Waals surface area contributed by atoms with Gasteiger partial charge < -0.3 is 10.2 Å². The Morgan fingerprint density at radius 2 is 1.96 bits per heavy atom. The zero-order chi connectivity index (χ0) is 18.1. The fraction of sp³-hybridized carbons (Fsp3) is 0.333. The number of halogens is 1. The van der Waals surface area contributed by atoms with Crippen LogP contribution in [-0.4, -0.2) is 18.4 Å². The quantitative estimate of drug-likeness (QED) is 0.794. The Bertz CT molecular complexity index is 861. The molecule has 5 heteroatoms. The summed E-state index contributed by atoms with van der Waals surface area (Å²) in [4.78, 5) is 26.6. The predicted octanol–water partition coefficient (Wildman–Crippen LogP) is 4.32. The molecule has 1 saturated carbocycles. The minimum atomic E-state index is -0.0150. The highest BCUT2D eigenvalue weighted by Crippen LogP contribution is 2.37. The van der Waals surface area contributed by atoms with E-state index in [1.54, 1.807) is 0 Å². The molecule has 2 aromatic carbocycles. The molecular formula is C21H21BrN2O2. The third-order valence-electron chi connectivity index (χ3n) is 5.04. The molecule has 1 heterocycles. The van der Waals surface area contributed by atoms with E-state index >= 15 is 0 Å². The molecule has 0 aromatic heterocycles. The molecule has 2 amide bonds. The van der Waals surface area contributed by atoms with Crippen LogP contribution in [0, 0.1) is 5.92 Å². The molecule has 0 spiro atoms. The first-order valence-electron chi connectivity index (χ1n) is 9.09. The average molecular weight is 413 g/mol. The molecule has 1 aliphatic heterocycles. The molecule has 134 valence electrons. The van der Waals surface area contributed by atoms with Crippen molar-refractivity contribution in [2.45, 2.75) is 32.1 Å². The number of hydrogen-bond donors (Lipinski definition) is 1. The highest BCUT2D eigenvalue weighted by Gasteiger charge is 2.36. The predicted molar refractivity (Wildman–Crippen MR) is 106 cm³/mol. The first-order chi connectivity index (χ1) is 12.6. The summed E-state index contributed by atoms with van der Waals surface area (Å²) in [5.41, 5.74) is 4.03. The van der Waals surface area contributed by atoms with Gasteiger partial charge in [-0.25, -0.2) is 0 Å². The number of nitrogens with one attached hydrogen (secondary N) is 1. The van der Waals surface area contributed by atoms with Gasteiger partial charge in [-0.05, 0) is 55.0 Å². The van der Waals surface area contributed by atoms with E-state index in [0.29, 0.717) is 12.8 Å². The lowest BCUT2D eigenvalue weighted by molar-refractivity contribution is -0.119. The molecule has 0 saturated heterocycles. The molecule has 1 N–H and O–H groups in total. The Kier molecular flexibility index (Phi) is 4.81. The molecule has 0 atom stereocenters. The number of benzene rings is 2. The fourth-order valence-electron chi connectivity index (χ4n) is 3.41. The number of anilines is 2. The Balaban J connectivity index is 1.41. The molecule has 1 aliphatic carbocycles. The third kappa shape index (κ3) is 3.68. The second kappa shape index (κ2) is 7.23. The maximum Gasteiger partial charge on any atom is 0.230 e. The number of carbonyl (C=O) groups excluding carboxylic acids is 2. The summed E-state index contributed by atoms with van der Waals surface area (Å²) in [5.74, 6) is 0.434. The van der Waals surface area contributed by atoms with Gasteiger partial charge in [-0.3, -0.25) is 9.59 Å². The first-order valence-corrected chi connectivity index (χ1v) is 9.88. The molecular weight excluding hydrogens is 392 g/mol. The Labute approximate surface area is 161 Å². The highest BCUT2D eigenvalue weighted by molar-refractivity contribution is 9.10. The van der Waals surface area contributed by atoms with E-state index in [-0.39, 0.29) is 17.7 Å². The van der Waals surface area contributed by atoms with Crippen LogP contribution in [0.3, 0.4) is 0 Å². The molecule has 4 nitrogen and oxygen atoms in total. The Morgan fingerprint density at radius 3 is 2.73 bits per heavy atom. The van der Waals surface area contributed by atoms with Crippen LogP contribution in [-0.2, 0) is 22.4 Å². The molecule has 0 bridgehead atoms. The van der Waals surface area contributed by atoms with E-state index in [1.165, 1.54) is 5.56 Å². The molecule has 26 heavy (non-hydrogen) atoms. The van der Waals surface area contributed by atoms with Crippen LogP contribution in [0.1, 0.15) is 30.4 Å². The van der Waals surface area contributed by atoms with Crippen LogP contribution in [0.15, 0.2) is 46.9 Å². The minimum absolute atomic E-state index is 0.0150. The van der Waals surface area contributed by atoms with E-state index in [2.05, 4.69) is 21.2 Å². The lowest BCUT2D eigenvalue weighted by Crippen LogP contribution is -2.30. The van der Waals surface area contributed by atoms with Crippen molar-refractivity contribution in [2.75, 3.05) is 16.8 Å². The normalized spacial score (nSPS) is 15.7. The van der Waals surface area contributed by atoms with Crippen molar-refractivity contribution < 1.29 is 9.59 Å². The van der Waals surface area contributed by atoms with Gasteiger partial charge in [-0.1, -0.05) is 40.2 Å². The van der Waals surface area contributed by atoms with Gasteiger partial charge in [0.05, 0.1) is 0 Å². The second-order valence-corrected chi connectivity index (χ2v) is 7.85. The van der Waals surface area contributed by atoms with Crippen molar-refractivity contribution in [3.05, 3.63) is 58.1 Å². The van der Waals surface area contributed by atoms with Gasteiger partial charge in [0.15, 0.2) is 0 Å². The molecule has 0 unspecified atom stereocenters. The number of carbonyl (C=O) groups is 2. The highest BCUT2D eigenvalue weighted by atomic mass is 79.9. The molecule has 0 radical (unpaired) electrons. The Hall–Kier alpha value is -2.14. The van der Waals surface area contributed by atoms with Gasteiger partial charge in [-0.15, -0.1) is 0 Å². The van der Waals surface area contributed by atoms with Crippen molar-refractivity contribution in [1.82, 2.24) is 0 Å². The van der Waals surface area contributed by atoms with Crippen molar-refractivity contribution in [2.24, 2.45) is 5.92 Å². The zero-order valence-corrected chi connectivity index (χ0v) is 16.1. The first kappa shape index (κ1) is 17.3. The molecule has 2 aliphatic rings. The SMILES string of the molecule is O=C(CCc1ccccc1Br)Nc1ccc2c(c1)N(C(=O)C1CC1)CC2. The van der Waals surface area contributed by atoms with Crippen molar-refractivity contribution in [3.8, 4) is 0 Å². The largest absolute Gasteiger partial charge is 0.326 e. The van der Waals surface area contributed by atoms with E-state index in [1.807, 2.05) is 47.4 Å². The number of fused-ring (bicyclic) bond motifs is 1. The number of amides is 2. The molecule has 1 fully saturated rings. The lowest BCUT2D eigenvalue weighted by atomic mass is 10.1. The monoisotopic (exact) mass is 412 g/mol. The van der Waals surface area contributed by atoms with E-state index in [4.69, 9.17) is 0 Å². The van der Waals surface area contributed by atoms with Crippen LogP contribution in [0.2, 0.25) is 0 Å². The summed E-state index contributed by atoms with van der Waals surface area (Å²) in [6.07, 6.45) is 4.02. The Morgan fingerprint density at radius 1 is 1.15 bits per heavy atom. The van der Waals surface area contributed by atoms with Gasteiger partial charge in [0.25, 0.3) is 0 Å². The number of aryl methyl sites for hydroxylation is 1. The third-order valence-corrected chi connectivity index (χ3v) is 5.81. The minimum Gasteiger partial charge on any atom is -0.326 e. The lowest BCUT2D eigenvalue weighted by Gasteiger charge is -2.18. The van der Waals surface area contributed by atoms with Gasteiger partial charge in [0, 0.05) is 34.7 Å². The second-order valence-electron chi connectivity index (χ2n) is 7.00. The van der Waals surface area contributed by atoms with Gasteiger partial charge in [0.1, 0.15) is 0 Å². The average Bonchev–Trinajstić information content (AvgIpc) is 3.40. The maximum absolute atomic E-state index is 12.4. The van der Waals surface area contributed by atoms with Gasteiger partial charge >= 0.3 is 0 Å². The van der Waals surface area contributed by atoms with Crippen LogP contribution < -0.4 is 10.2 Å². The van der Waals surface area contributed by atoms with E-state index < -0.39 is 0 Å². The van der Waals surface area contributed by atoms with Crippen LogP contribution in [0.25, 0.3) is 0 Å². The summed E-state index contributed by atoms with van der Waals surface area (Å²) in [7, 11) is 0. The molecule has 2 aromatic rings. The van der Waals surface area contributed by atoms with Crippen LogP contribution in [0.4, 0.5) is 11.4 Å². The zero-order valence-electron chi connectivity index (χ0n) is 14.5. The molecule has 4 rings (SSSR count). The van der Waals surface area contributed by atoms with Crippen molar-refractivity contribution >= 4 is 39.1 Å². The summed E-state index contributed by atoms with van der Waals surface area (Å²) < 4.78 is 1.03. The van der Waals surface area contributed by atoms with Crippen LogP contribution >= 0.6 is 15.9 Å². The number of hydrogen-bond acceptors (Lipinski definition) is 2. The topological polar surface area (TPSA) is 49.4 Å². The standard InChI is InChI=1S/C21H21BrN2O2/c22-18-4-2-1-3-14(18)8-10-20(25)23-17-9-7-15-11-12-24(19(15)13-17)21(26)16-5-6-16/h1-4,7,9,13,16H,5-6,8,10-12H2,(H,23,25). The fourth-order valence-corrected chi connectivity index (χ4v) is 3.89. The van der Waals surface area contributed by atoms with Gasteiger partial charge in [-0.2, -0.15) is 0 Å². The van der Waals surface area contributed by atoms with Gasteiger partial charge in [0.2, 0.25) is 11.8 Å². The number of nitrogens with zero attached hydrogens (tertiary/aromatic N) is 1. The van der Waals surface area contributed by atoms with Crippen molar-refractivity contribution in [1.29, 1.82) is 0 Å². The smallest absolute Gasteiger partial charge is 0.230 e. The van der Waals surface area contributed by atoms with E-state index in [9.17, 15) is 9.59 Å². The summed E-state index contributed by atoms with van der Waals surface area (Å²) in [6.45, 7) is 0.754. The summed E-state index contributed by atoms with van der Waals surface area (Å²) in [6, 6.07) is 13.8. The summed E-state index contributed by atoms with van der Waals surface area (Å²) in [5, 5.41) is 2.97. The van der Waals surface area contributed by atoms with E-state index in [0.717, 1.165) is 47.2 Å². The van der Waals surface area contributed by atoms with Crippen molar-refractivity contribution in [3.63, 3.8) is 0 Å².